The van der Waals surface area contributed by atoms with Gasteiger partial charge in [0.25, 0.3) is 5.69 Å². The molecule has 0 spiro atoms. The summed E-state index contributed by atoms with van der Waals surface area (Å²) < 4.78 is 17.2. The van der Waals surface area contributed by atoms with Gasteiger partial charge >= 0.3 is 14.5 Å². The number of nitrogens with zero attached hydrogens (tertiary/aromatic N) is 1. The van der Waals surface area contributed by atoms with Crippen LogP contribution in [0.25, 0.3) is 0 Å². The predicted octanol–water partition coefficient (Wildman–Crippen LogP) is 5.14. The molecule has 8 nitrogen and oxygen atoms in total. The normalized spacial score (nSPS) is 15.6. The lowest BCUT2D eigenvalue weighted by molar-refractivity contribution is -0.384. The fourth-order valence-corrected chi connectivity index (χ4v) is 4.15. The molecule has 0 radical (unpaired) electrons. The maximum atomic E-state index is 12.3. The minimum Gasteiger partial charge on any atom is -0.461 e. The summed E-state index contributed by atoms with van der Waals surface area (Å²) >= 11 is 0. The zero-order valence-corrected chi connectivity index (χ0v) is 17.5. The monoisotopic (exact) mass is 432 g/mol. The Hall–Kier alpha value is -2.70. The van der Waals surface area contributed by atoms with Crippen LogP contribution in [0.2, 0.25) is 0 Å². The van der Waals surface area contributed by atoms with Gasteiger partial charge in [-0.3, -0.25) is 14.9 Å². The lowest BCUT2D eigenvalue weighted by Crippen LogP contribution is -2.27. The lowest BCUT2D eigenvalue weighted by Gasteiger charge is -2.20. The number of nitro benzene ring substituents is 1. The van der Waals surface area contributed by atoms with Crippen LogP contribution >= 0.6 is 8.53 Å². The average Bonchev–Trinajstić information content (AvgIpc) is 3.02. The molecule has 1 aliphatic rings. The number of nitro groups is 1. The van der Waals surface area contributed by atoms with E-state index in [1.165, 1.54) is 37.1 Å². The number of nitrogens with one attached hydrogen (secondary N) is 1. The Labute approximate surface area is 176 Å². The van der Waals surface area contributed by atoms with Crippen molar-refractivity contribution in [3.8, 4) is 11.5 Å². The van der Waals surface area contributed by atoms with Gasteiger partial charge in [-0.2, -0.15) is 0 Å². The fourth-order valence-electron chi connectivity index (χ4n) is 3.10. The second kappa shape index (κ2) is 11.5. The van der Waals surface area contributed by atoms with Gasteiger partial charge in [-0.25, -0.2) is 5.09 Å². The van der Waals surface area contributed by atoms with Gasteiger partial charge in [0, 0.05) is 12.1 Å². The van der Waals surface area contributed by atoms with Crippen molar-refractivity contribution in [2.75, 3.05) is 6.54 Å². The Morgan fingerprint density at radius 3 is 2.17 bits per heavy atom. The molecule has 0 aliphatic heterocycles. The summed E-state index contributed by atoms with van der Waals surface area (Å²) in [5.74, 6) is 0.626. The zero-order valence-electron chi connectivity index (χ0n) is 16.6. The molecule has 0 amide bonds. The summed E-state index contributed by atoms with van der Waals surface area (Å²) in [7, 11) is -1.72. The van der Waals surface area contributed by atoms with Crippen molar-refractivity contribution in [1.29, 1.82) is 0 Å². The van der Waals surface area contributed by atoms with Gasteiger partial charge in [0.1, 0.15) is 24.1 Å². The predicted molar refractivity (Wildman–Crippen MR) is 113 cm³/mol. The van der Waals surface area contributed by atoms with E-state index in [9.17, 15) is 14.9 Å². The van der Waals surface area contributed by atoms with Crippen LogP contribution in [0, 0.1) is 10.1 Å². The molecular weight excluding hydrogens is 407 g/mol. The van der Waals surface area contributed by atoms with E-state index < -0.39 is 13.4 Å². The summed E-state index contributed by atoms with van der Waals surface area (Å²) in [6.07, 6.45) is 6.31. The van der Waals surface area contributed by atoms with Crippen LogP contribution < -0.4 is 14.1 Å². The smallest absolute Gasteiger partial charge is 0.382 e. The SMILES string of the molecule is O=C(CNP(Oc1ccccc1)Oc1ccc([N+](=O)[O-])cc1)OC1CCCCCC1. The quantitative estimate of drug-likeness (QED) is 0.193. The molecule has 0 bridgehead atoms. The van der Waals surface area contributed by atoms with E-state index in [1.54, 1.807) is 12.1 Å². The van der Waals surface area contributed by atoms with Gasteiger partial charge in [-0.1, -0.05) is 31.0 Å². The number of hydrogen-bond acceptors (Lipinski definition) is 7. The molecule has 30 heavy (non-hydrogen) atoms. The molecular formula is C21H25N2O6P. The number of carbonyl (C=O) groups is 1. The summed E-state index contributed by atoms with van der Waals surface area (Å²) in [4.78, 5) is 22.6. The molecule has 1 saturated carbocycles. The van der Waals surface area contributed by atoms with Gasteiger partial charge in [0.2, 0.25) is 0 Å². The Morgan fingerprint density at radius 1 is 0.967 bits per heavy atom. The highest BCUT2D eigenvalue weighted by Gasteiger charge is 2.21. The van der Waals surface area contributed by atoms with Crippen molar-refractivity contribution in [3.63, 3.8) is 0 Å². The summed E-state index contributed by atoms with van der Waals surface area (Å²) in [6.45, 7) is -0.0536. The Morgan fingerprint density at radius 2 is 1.57 bits per heavy atom. The van der Waals surface area contributed by atoms with Gasteiger partial charge in [-0.05, 0) is 49.9 Å². The average molecular weight is 432 g/mol. The van der Waals surface area contributed by atoms with E-state index in [1.807, 2.05) is 18.2 Å². The van der Waals surface area contributed by atoms with E-state index in [-0.39, 0.29) is 24.3 Å². The Balaban J connectivity index is 1.58. The highest BCUT2D eigenvalue weighted by Crippen LogP contribution is 2.37. The number of rotatable bonds is 9. The third-order valence-corrected chi connectivity index (χ3v) is 5.79. The molecule has 1 atom stereocenters. The van der Waals surface area contributed by atoms with Crippen LogP contribution in [-0.2, 0) is 9.53 Å². The van der Waals surface area contributed by atoms with Gasteiger partial charge in [0.15, 0.2) is 0 Å². The van der Waals surface area contributed by atoms with Crippen molar-refractivity contribution in [1.82, 2.24) is 5.09 Å². The van der Waals surface area contributed by atoms with Crippen LogP contribution in [0.4, 0.5) is 5.69 Å². The summed E-state index contributed by atoms with van der Waals surface area (Å²) in [5, 5.41) is 13.8. The first-order valence-corrected chi connectivity index (χ1v) is 11.2. The van der Waals surface area contributed by atoms with E-state index in [4.69, 9.17) is 13.8 Å². The van der Waals surface area contributed by atoms with Gasteiger partial charge < -0.3 is 13.8 Å². The molecule has 9 heteroatoms. The molecule has 0 aromatic heterocycles. The lowest BCUT2D eigenvalue weighted by atomic mass is 10.1. The van der Waals surface area contributed by atoms with Gasteiger partial charge in [-0.15, -0.1) is 0 Å². The van der Waals surface area contributed by atoms with Crippen LogP contribution in [-0.4, -0.2) is 23.5 Å². The van der Waals surface area contributed by atoms with Crippen LogP contribution in [0.1, 0.15) is 38.5 Å². The highest BCUT2D eigenvalue weighted by atomic mass is 31.2. The minimum atomic E-state index is -1.72. The van der Waals surface area contributed by atoms with Crippen molar-refractivity contribution in [3.05, 3.63) is 64.7 Å². The first kappa shape index (κ1) is 22.0. The van der Waals surface area contributed by atoms with Gasteiger partial charge in [0.05, 0.1) is 4.92 Å². The maximum Gasteiger partial charge on any atom is 0.382 e. The number of hydrogen-bond donors (Lipinski definition) is 1. The Bertz CT molecular complexity index is 810. The topological polar surface area (TPSA) is 99.9 Å². The van der Waals surface area contributed by atoms with E-state index in [2.05, 4.69) is 5.09 Å². The summed E-state index contributed by atoms with van der Waals surface area (Å²) in [6, 6.07) is 14.8. The minimum absolute atomic E-state index is 0.0290. The largest absolute Gasteiger partial charge is 0.461 e. The number of benzene rings is 2. The highest BCUT2D eigenvalue weighted by molar-refractivity contribution is 7.45. The summed E-state index contributed by atoms with van der Waals surface area (Å²) in [5.41, 5.74) is -0.0319. The Kier molecular flexibility index (Phi) is 8.41. The van der Waals surface area contributed by atoms with Crippen molar-refractivity contribution >= 4 is 20.2 Å². The van der Waals surface area contributed by atoms with E-state index >= 15 is 0 Å². The molecule has 1 unspecified atom stereocenters. The third kappa shape index (κ3) is 7.28. The molecule has 2 aromatic carbocycles. The fraction of sp³-hybridized carbons (Fsp3) is 0.381. The molecule has 0 saturated heterocycles. The van der Waals surface area contributed by atoms with Crippen molar-refractivity contribution in [2.45, 2.75) is 44.6 Å². The molecule has 1 fully saturated rings. The molecule has 0 heterocycles. The molecule has 1 aliphatic carbocycles. The van der Waals surface area contributed by atoms with E-state index in [0.717, 1.165) is 25.7 Å². The van der Waals surface area contributed by atoms with Crippen LogP contribution in [0.15, 0.2) is 54.6 Å². The molecule has 3 rings (SSSR count). The van der Waals surface area contributed by atoms with Crippen molar-refractivity contribution < 1.29 is 23.5 Å². The van der Waals surface area contributed by atoms with Crippen LogP contribution in [0.5, 0.6) is 11.5 Å². The maximum absolute atomic E-state index is 12.3. The number of para-hydroxylation sites is 1. The third-order valence-electron chi connectivity index (χ3n) is 4.62. The van der Waals surface area contributed by atoms with Crippen LogP contribution in [0.3, 0.4) is 0 Å². The molecule has 160 valence electrons. The number of ether oxygens (including phenoxy) is 1. The number of non-ortho nitro benzene ring substituents is 1. The molecule has 1 N–H and O–H groups in total. The first-order chi connectivity index (χ1) is 14.6. The second-order valence-electron chi connectivity index (χ2n) is 6.94. The second-order valence-corrected chi connectivity index (χ2v) is 8.14. The first-order valence-electron chi connectivity index (χ1n) is 9.99. The van der Waals surface area contributed by atoms with Crippen molar-refractivity contribution in [2.24, 2.45) is 0 Å². The number of carbonyl (C=O) groups excluding carboxylic acids is 1. The van der Waals surface area contributed by atoms with E-state index in [0.29, 0.717) is 11.5 Å². The number of esters is 1. The standard InChI is InChI=1S/C21H25N2O6P/c24-21(27-18-8-4-1-2-5-9-18)16-22-30(28-19-10-6-3-7-11-19)29-20-14-12-17(13-15-20)23(25)26/h3,6-7,10-15,18,22H,1-2,4-5,8-9,16H2. The molecule has 2 aromatic rings. The zero-order chi connectivity index (χ0) is 21.2.